The average Bonchev–Trinajstić information content (AvgIpc) is 3.59. The summed E-state index contributed by atoms with van der Waals surface area (Å²) in [7, 11) is 1.52. The summed E-state index contributed by atoms with van der Waals surface area (Å²) in [5, 5.41) is 9.36. The first-order valence-corrected chi connectivity index (χ1v) is 23.1. The molecule has 5 aliphatic rings. The van der Waals surface area contributed by atoms with Crippen molar-refractivity contribution in [1.82, 2.24) is 35.0 Å². The molecule has 3 saturated heterocycles. The second-order valence-corrected chi connectivity index (χ2v) is 18.8. The third-order valence-corrected chi connectivity index (χ3v) is 13.9. The van der Waals surface area contributed by atoms with Gasteiger partial charge in [0.25, 0.3) is 17.4 Å². The van der Waals surface area contributed by atoms with Gasteiger partial charge in [0.05, 0.1) is 23.9 Å². The van der Waals surface area contributed by atoms with E-state index in [1.54, 1.807) is 21.7 Å². The summed E-state index contributed by atoms with van der Waals surface area (Å²) in [4.78, 5) is 80.9. The van der Waals surface area contributed by atoms with Gasteiger partial charge in [0.1, 0.15) is 11.1 Å². The van der Waals surface area contributed by atoms with E-state index < -0.39 is 11.9 Å². The first kappa shape index (κ1) is 44.4. The number of likely N-dealkylation sites (N-methyl/N-ethyl adjacent to an activating group) is 1. The molecule has 17 nitrogen and oxygen atoms in total. The molecule has 2 aromatic heterocycles. The second-order valence-electron chi connectivity index (χ2n) is 18.4. The van der Waals surface area contributed by atoms with E-state index >= 15 is 0 Å². The third kappa shape index (κ3) is 8.97. The van der Waals surface area contributed by atoms with Crippen LogP contribution in [0.2, 0.25) is 5.02 Å². The molecule has 65 heavy (non-hydrogen) atoms. The third-order valence-electron chi connectivity index (χ3n) is 13.6. The summed E-state index contributed by atoms with van der Waals surface area (Å²) in [6, 6.07) is 13.6. The normalized spacial score (nSPS) is 24.0. The van der Waals surface area contributed by atoms with Crippen molar-refractivity contribution in [2.45, 2.75) is 115 Å². The van der Waals surface area contributed by atoms with E-state index in [0.717, 1.165) is 74.0 Å². The highest BCUT2D eigenvalue weighted by molar-refractivity contribution is 6.33. The maximum atomic E-state index is 13.3. The van der Waals surface area contributed by atoms with Crippen LogP contribution >= 0.6 is 11.6 Å². The molecule has 0 bridgehead atoms. The van der Waals surface area contributed by atoms with E-state index in [4.69, 9.17) is 26.1 Å². The van der Waals surface area contributed by atoms with Crippen LogP contribution in [0.25, 0.3) is 10.9 Å². The fourth-order valence-electron chi connectivity index (χ4n) is 10.3. The Hall–Kier alpha value is -5.78. The summed E-state index contributed by atoms with van der Waals surface area (Å²) >= 11 is 6.61. The number of amides is 4. The van der Waals surface area contributed by atoms with Gasteiger partial charge in [0.15, 0.2) is 18.2 Å². The van der Waals surface area contributed by atoms with Crippen molar-refractivity contribution < 1.29 is 28.7 Å². The van der Waals surface area contributed by atoms with Crippen molar-refractivity contribution in [2.75, 3.05) is 55.0 Å². The van der Waals surface area contributed by atoms with Crippen molar-refractivity contribution in [3.8, 4) is 5.75 Å². The largest absolute Gasteiger partial charge is 0.478 e. The Kier molecular flexibility index (Phi) is 12.5. The summed E-state index contributed by atoms with van der Waals surface area (Å²) in [5.74, 6) is -0.0159. The smallest absolute Gasteiger partial charge is 0.293 e. The van der Waals surface area contributed by atoms with Crippen molar-refractivity contribution >= 4 is 69.3 Å². The SMILES string of the molecule is CNC(=O)COc1cc2cc(Nc3nc(N4CCC(O[C@H]5C[C@H](N6C[C@@H](C)N(c7ccc8c(c7)CN(C7CCC(=O)NC7=O)C8=O)[C@H](C)C6)C5)CC4)ncc3Cl)ccc2n(C(C)C)c1=O. The molecule has 4 aromatic rings. The van der Waals surface area contributed by atoms with Crippen LogP contribution in [0.3, 0.4) is 0 Å². The van der Waals surface area contributed by atoms with Gasteiger partial charge >= 0.3 is 0 Å². The molecule has 344 valence electrons. The van der Waals surface area contributed by atoms with Crippen molar-refractivity contribution in [2.24, 2.45) is 0 Å². The molecule has 9 rings (SSSR count). The molecule has 18 heteroatoms. The molecule has 4 aliphatic heterocycles. The number of aromatic nitrogens is 3. The van der Waals surface area contributed by atoms with E-state index in [0.29, 0.717) is 47.0 Å². The number of halogens is 1. The maximum absolute atomic E-state index is 13.3. The number of carbonyl (C=O) groups is 4. The minimum Gasteiger partial charge on any atom is -0.478 e. The predicted molar refractivity (Wildman–Crippen MR) is 247 cm³/mol. The molecular formula is C47H57ClN10O7. The molecule has 1 unspecified atom stereocenters. The van der Waals surface area contributed by atoms with Gasteiger partial charge < -0.3 is 39.4 Å². The lowest BCUT2D eigenvalue weighted by atomic mass is 9.86. The number of nitrogens with zero attached hydrogens (tertiary/aromatic N) is 7. The van der Waals surface area contributed by atoms with Gasteiger partial charge in [-0.15, -0.1) is 0 Å². The highest BCUT2D eigenvalue weighted by Gasteiger charge is 2.42. The maximum Gasteiger partial charge on any atom is 0.293 e. The molecule has 4 amide bonds. The Morgan fingerprint density at radius 3 is 2.43 bits per heavy atom. The Morgan fingerprint density at radius 2 is 1.72 bits per heavy atom. The first-order valence-electron chi connectivity index (χ1n) is 22.8. The molecule has 1 saturated carbocycles. The number of hydrogen-bond donors (Lipinski definition) is 3. The number of rotatable bonds is 12. The van der Waals surface area contributed by atoms with Crippen LogP contribution < -0.4 is 36.0 Å². The predicted octanol–water partition coefficient (Wildman–Crippen LogP) is 4.77. The fraction of sp³-hybridized carbons (Fsp3) is 0.511. The van der Waals surface area contributed by atoms with Crippen LogP contribution in [-0.2, 0) is 25.7 Å². The number of pyridine rings is 1. The van der Waals surface area contributed by atoms with E-state index in [-0.39, 0.29) is 72.4 Å². The molecule has 1 aliphatic carbocycles. The van der Waals surface area contributed by atoms with Crippen LogP contribution in [0.5, 0.6) is 5.75 Å². The van der Waals surface area contributed by atoms with Gasteiger partial charge in [-0.2, -0.15) is 4.98 Å². The van der Waals surface area contributed by atoms with Crippen molar-refractivity contribution in [3.05, 3.63) is 75.2 Å². The van der Waals surface area contributed by atoms with Gasteiger partial charge in [-0.25, -0.2) is 4.98 Å². The highest BCUT2D eigenvalue weighted by Crippen LogP contribution is 2.37. The number of anilines is 4. The van der Waals surface area contributed by atoms with Gasteiger partial charge in [-0.1, -0.05) is 11.6 Å². The van der Waals surface area contributed by atoms with E-state index in [1.165, 1.54) is 7.05 Å². The number of hydrogen-bond acceptors (Lipinski definition) is 13. The minimum atomic E-state index is -0.622. The lowest BCUT2D eigenvalue weighted by Gasteiger charge is -2.52. The topological polar surface area (TPSA) is 184 Å². The molecule has 0 radical (unpaired) electrons. The van der Waals surface area contributed by atoms with Gasteiger partial charge in [0, 0.05) is 92.7 Å². The zero-order valence-corrected chi connectivity index (χ0v) is 38.3. The van der Waals surface area contributed by atoms with Crippen LogP contribution in [-0.4, -0.2) is 124 Å². The Labute approximate surface area is 382 Å². The number of piperazine rings is 1. The van der Waals surface area contributed by atoms with Gasteiger partial charge in [0.2, 0.25) is 17.8 Å². The summed E-state index contributed by atoms with van der Waals surface area (Å²) in [6.07, 6.45) is 6.37. The number of nitrogens with one attached hydrogen (secondary N) is 3. The number of carbonyl (C=O) groups excluding carboxylic acids is 4. The van der Waals surface area contributed by atoms with Crippen LogP contribution in [0.4, 0.5) is 23.1 Å². The quantitative estimate of drug-likeness (QED) is 0.166. The number of fused-ring (bicyclic) bond motifs is 2. The standard InChI is InChI=1S/C47H57ClN10O7/c1-26(2)57-38-9-6-31(16-29(38)18-40(46(57)63)64-25-42(60)49-5)51-43-37(48)21-50-47(53-43)54-14-12-34(13-15-54)65-35-19-33(20-35)55-22-27(3)58(28(4)23-55)32-7-8-36-30(17-32)24-56(45(36)62)39-10-11-41(59)52-44(39)61/h6-9,16-18,21,26-28,33-35,39H,10-15,19-20,22-25H2,1-5H3,(H,49,60)(H,50,51,53)(H,52,59,61)/t27-,28-,33-,35-,39?/m1/s1. The summed E-state index contributed by atoms with van der Waals surface area (Å²) < 4.78 is 13.9. The minimum absolute atomic E-state index is 0.0933. The highest BCUT2D eigenvalue weighted by atomic mass is 35.5. The Balaban J connectivity index is 0.759. The lowest BCUT2D eigenvalue weighted by Crippen LogP contribution is -2.62. The van der Waals surface area contributed by atoms with Crippen LogP contribution in [0, 0.1) is 0 Å². The van der Waals surface area contributed by atoms with E-state index in [1.807, 2.05) is 44.2 Å². The molecule has 3 N–H and O–H groups in total. The lowest BCUT2D eigenvalue weighted by molar-refractivity contribution is -0.137. The average molecular weight is 909 g/mol. The zero-order chi connectivity index (χ0) is 45.7. The number of piperidine rings is 2. The van der Waals surface area contributed by atoms with Crippen molar-refractivity contribution in [3.63, 3.8) is 0 Å². The van der Waals surface area contributed by atoms with Crippen LogP contribution in [0.1, 0.15) is 88.2 Å². The zero-order valence-electron chi connectivity index (χ0n) is 37.5. The first-order chi connectivity index (χ1) is 31.2. The molecule has 6 heterocycles. The van der Waals surface area contributed by atoms with Gasteiger partial charge in [-0.3, -0.25) is 34.2 Å². The number of ether oxygens (including phenoxy) is 2. The van der Waals surface area contributed by atoms with Crippen molar-refractivity contribution in [1.29, 1.82) is 0 Å². The fourth-order valence-corrected chi connectivity index (χ4v) is 10.4. The Bertz CT molecular complexity index is 2560. The number of benzene rings is 2. The summed E-state index contributed by atoms with van der Waals surface area (Å²) in [6.45, 7) is 11.9. The van der Waals surface area contributed by atoms with E-state index in [2.05, 4.69) is 55.5 Å². The number of imide groups is 1. The molecular weight excluding hydrogens is 852 g/mol. The van der Waals surface area contributed by atoms with E-state index in [9.17, 15) is 24.0 Å². The summed E-state index contributed by atoms with van der Waals surface area (Å²) in [5.41, 5.74) is 3.79. The van der Waals surface area contributed by atoms with Crippen LogP contribution in [0.15, 0.2) is 53.5 Å². The molecule has 3 atom stereocenters. The molecule has 0 spiro atoms. The Morgan fingerprint density at radius 1 is 0.969 bits per heavy atom. The van der Waals surface area contributed by atoms with Gasteiger partial charge in [-0.05, 0) is 108 Å². The second kappa shape index (κ2) is 18.2. The molecule has 4 fully saturated rings. The molecule has 2 aromatic carbocycles. The monoisotopic (exact) mass is 908 g/mol.